The summed E-state index contributed by atoms with van der Waals surface area (Å²) in [5, 5.41) is 19.7. The third kappa shape index (κ3) is 4.20. The van der Waals surface area contributed by atoms with Gasteiger partial charge in [-0.25, -0.2) is 0 Å². The van der Waals surface area contributed by atoms with Crippen molar-refractivity contribution < 1.29 is 14.7 Å². The van der Waals surface area contributed by atoms with E-state index in [1.54, 1.807) is 29.4 Å². The van der Waals surface area contributed by atoms with Crippen LogP contribution in [0.25, 0.3) is 0 Å². The van der Waals surface area contributed by atoms with Gasteiger partial charge < -0.3 is 15.3 Å². The Balaban J connectivity index is 1.50. The van der Waals surface area contributed by atoms with Crippen LogP contribution in [-0.2, 0) is 0 Å². The van der Waals surface area contributed by atoms with Crippen LogP contribution < -0.4 is 5.32 Å². The van der Waals surface area contributed by atoms with Gasteiger partial charge in [-0.05, 0) is 59.3 Å². The maximum atomic E-state index is 12.1. The van der Waals surface area contributed by atoms with Crippen LogP contribution in [0, 0.1) is 0 Å². The quantitative estimate of drug-likeness (QED) is 0.693. The number of rotatable bonds is 2. The van der Waals surface area contributed by atoms with Crippen LogP contribution in [0.3, 0.4) is 0 Å². The molecule has 9 heteroatoms. The zero-order valence-electron chi connectivity index (χ0n) is 15.5. The van der Waals surface area contributed by atoms with Crippen molar-refractivity contribution in [2.75, 3.05) is 0 Å². The lowest BCUT2D eigenvalue weighted by Crippen LogP contribution is -2.20. The third-order valence-electron chi connectivity index (χ3n) is 4.20. The van der Waals surface area contributed by atoms with Crippen LogP contribution in [-0.4, -0.2) is 27.0 Å². The highest BCUT2D eigenvalue weighted by atomic mass is 32.2. The number of aliphatic imine (C=N–C) groups is 1. The molecule has 1 aromatic carbocycles. The molecular formula is C21H15N5O3S. The summed E-state index contributed by atoms with van der Waals surface area (Å²) in [6.07, 6.45) is 16.3. The topological polar surface area (TPSA) is 107 Å². The Labute approximate surface area is 176 Å². The van der Waals surface area contributed by atoms with Crippen LogP contribution in [0.4, 0.5) is 4.79 Å². The highest BCUT2D eigenvalue weighted by molar-refractivity contribution is 8.18. The second-order valence-electron chi connectivity index (χ2n) is 6.12. The Morgan fingerprint density at radius 2 is 1.80 bits per heavy atom. The standard InChI is InChI=1S/C21H15N5O3S/c27-17-4-2-1-3-16(17)20(28)25-23-13-18-19(24-21(29)30-18)26-11-7-15(8-12-26)14-5-9-22-10-6-14/h1-13,22,27H/b18-13-,25-23?. The Kier molecular flexibility index (Phi) is 5.53. The number of aromatic hydroxyl groups is 1. The molecule has 3 aliphatic rings. The van der Waals surface area contributed by atoms with Crippen LogP contribution in [0.2, 0.25) is 0 Å². The van der Waals surface area contributed by atoms with Crippen LogP contribution in [0.1, 0.15) is 10.4 Å². The van der Waals surface area contributed by atoms with E-state index < -0.39 is 5.91 Å². The first-order valence-electron chi connectivity index (χ1n) is 8.84. The van der Waals surface area contributed by atoms with Gasteiger partial charge in [-0.2, -0.15) is 10.1 Å². The zero-order valence-corrected chi connectivity index (χ0v) is 16.3. The molecule has 0 saturated heterocycles. The Bertz CT molecular complexity index is 1120. The van der Waals surface area contributed by atoms with E-state index in [0.717, 1.165) is 22.9 Å². The van der Waals surface area contributed by atoms with Gasteiger partial charge >= 0.3 is 5.24 Å². The Hall–Kier alpha value is -3.98. The van der Waals surface area contributed by atoms with Crippen LogP contribution >= 0.6 is 11.8 Å². The fourth-order valence-electron chi connectivity index (χ4n) is 2.75. The number of hydrogen-bond acceptors (Lipinski definition) is 7. The zero-order chi connectivity index (χ0) is 20.9. The summed E-state index contributed by atoms with van der Waals surface area (Å²) in [6.45, 7) is 0. The molecule has 1 aromatic rings. The van der Waals surface area contributed by atoms with E-state index in [2.05, 4.69) is 20.5 Å². The lowest BCUT2D eigenvalue weighted by molar-refractivity contribution is 0.0992. The van der Waals surface area contributed by atoms with Crippen LogP contribution in [0.5, 0.6) is 5.75 Å². The summed E-state index contributed by atoms with van der Waals surface area (Å²) in [4.78, 5) is 30.1. The maximum Gasteiger partial charge on any atom is 0.311 e. The molecule has 3 aliphatic heterocycles. The number of hydrogen-bond donors (Lipinski definition) is 2. The number of dihydropyridines is 1. The number of allylic oxidation sites excluding steroid dienone is 6. The highest BCUT2D eigenvalue weighted by Gasteiger charge is 2.25. The summed E-state index contributed by atoms with van der Waals surface area (Å²) in [5.74, 6) is -0.462. The van der Waals surface area contributed by atoms with E-state index in [1.807, 2.05) is 36.7 Å². The summed E-state index contributed by atoms with van der Waals surface area (Å²) in [6, 6.07) is 6.07. The van der Waals surface area contributed by atoms with Gasteiger partial charge in [0.05, 0.1) is 16.7 Å². The highest BCUT2D eigenvalue weighted by Crippen LogP contribution is 2.31. The average molecular weight is 417 g/mol. The van der Waals surface area contributed by atoms with Gasteiger partial charge in [0.2, 0.25) is 0 Å². The number of benzene rings is 1. The van der Waals surface area contributed by atoms with Crippen LogP contribution in [0.15, 0.2) is 111 Å². The van der Waals surface area contributed by atoms with Crippen molar-refractivity contribution in [2.24, 2.45) is 15.2 Å². The molecule has 8 nitrogen and oxygen atoms in total. The summed E-state index contributed by atoms with van der Waals surface area (Å²) >= 11 is 0.899. The Morgan fingerprint density at radius 3 is 2.53 bits per heavy atom. The SMILES string of the molecule is O=C1N=C(N2C=CC(=C3C=CNC=C3)C=C2)/C(=C/N=NC(=O)c2ccccc2O)S1. The molecule has 3 heterocycles. The molecule has 0 atom stereocenters. The van der Waals surface area contributed by atoms with E-state index in [-0.39, 0.29) is 16.6 Å². The summed E-state index contributed by atoms with van der Waals surface area (Å²) in [5.41, 5.74) is 2.11. The van der Waals surface area contributed by atoms with Crippen molar-refractivity contribution in [3.63, 3.8) is 0 Å². The fraction of sp³-hybridized carbons (Fsp3) is 0. The first-order chi connectivity index (χ1) is 14.6. The third-order valence-corrected chi connectivity index (χ3v) is 4.97. The van der Waals surface area contributed by atoms with Gasteiger partial charge in [-0.15, -0.1) is 5.11 Å². The minimum atomic E-state index is -0.685. The van der Waals surface area contributed by atoms with Gasteiger partial charge in [0.15, 0.2) is 5.84 Å². The van der Waals surface area contributed by atoms with Gasteiger partial charge in [-0.1, -0.05) is 12.1 Å². The normalized spacial score (nSPS) is 19.2. The van der Waals surface area contributed by atoms with E-state index in [9.17, 15) is 14.7 Å². The van der Waals surface area contributed by atoms with Crippen molar-refractivity contribution in [3.8, 4) is 5.75 Å². The smallest absolute Gasteiger partial charge is 0.311 e. The van der Waals surface area contributed by atoms with E-state index in [4.69, 9.17) is 0 Å². The molecule has 0 aromatic heterocycles. The van der Waals surface area contributed by atoms with Gasteiger partial charge in [0, 0.05) is 24.8 Å². The molecule has 0 saturated carbocycles. The molecule has 0 spiro atoms. The number of amides is 2. The first kappa shape index (κ1) is 19.3. The van der Waals surface area contributed by atoms with Crippen molar-refractivity contribution in [1.29, 1.82) is 0 Å². The summed E-state index contributed by atoms with van der Waals surface area (Å²) in [7, 11) is 0. The molecule has 0 radical (unpaired) electrons. The molecule has 0 fully saturated rings. The lowest BCUT2D eigenvalue weighted by Gasteiger charge is -2.19. The number of para-hydroxylation sites is 1. The summed E-state index contributed by atoms with van der Waals surface area (Å²) < 4.78 is 0. The van der Waals surface area contributed by atoms with Gasteiger partial charge in [0.1, 0.15) is 5.75 Å². The van der Waals surface area contributed by atoms with Crippen molar-refractivity contribution in [1.82, 2.24) is 10.2 Å². The molecule has 148 valence electrons. The van der Waals surface area contributed by atoms with E-state index >= 15 is 0 Å². The predicted octanol–water partition coefficient (Wildman–Crippen LogP) is 4.36. The number of carbonyl (C=O) groups is 2. The monoisotopic (exact) mass is 417 g/mol. The van der Waals surface area contributed by atoms with Gasteiger partial charge in [-0.3, -0.25) is 9.59 Å². The fourth-order valence-corrected chi connectivity index (χ4v) is 3.42. The minimum absolute atomic E-state index is 0.0483. The lowest BCUT2D eigenvalue weighted by atomic mass is 10.1. The number of phenols is 1. The molecule has 0 unspecified atom stereocenters. The number of carbonyl (C=O) groups excluding carboxylic acids is 2. The second kappa shape index (κ2) is 8.58. The van der Waals surface area contributed by atoms with Crippen molar-refractivity contribution >= 4 is 28.7 Å². The molecule has 30 heavy (non-hydrogen) atoms. The minimum Gasteiger partial charge on any atom is -0.507 e. The second-order valence-corrected chi connectivity index (χ2v) is 7.11. The van der Waals surface area contributed by atoms with Crippen molar-refractivity contribution in [3.05, 3.63) is 101 Å². The largest absolute Gasteiger partial charge is 0.507 e. The number of thioether (sulfide) groups is 1. The molecule has 2 N–H and O–H groups in total. The Morgan fingerprint density at radius 1 is 1.10 bits per heavy atom. The number of nitrogens with zero attached hydrogens (tertiary/aromatic N) is 4. The van der Waals surface area contributed by atoms with E-state index in [0.29, 0.717) is 10.7 Å². The molecule has 4 rings (SSSR count). The number of azo groups is 1. The van der Waals surface area contributed by atoms with Crippen molar-refractivity contribution in [2.45, 2.75) is 0 Å². The maximum absolute atomic E-state index is 12.1. The first-order valence-corrected chi connectivity index (χ1v) is 9.66. The number of amidine groups is 1. The number of phenolic OH excluding ortho intramolecular Hbond substituents is 1. The molecular weight excluding hydrogens is 402 g/mol. The average Bonchev–Trinajstić information content (AvgIpc) is 3.15. The molecule has 0 bridgehead atoms. The number of nitrogens with one attached hydrogen (secondary N) is 1. The van der Waals surface area contributed by atoms with Gasteiger partial charge in [0.25, 0.3) is 5.91 Å². The molecule has 2 amide bonds. The molecule has 0 aliphatic carbocycles. The van der Waals surface area contributed by atoms with E-state index in [1.165, 1.54) is 18.3 Å². The predicted molar refractivity (Wildman–Crippen MR) is 114 cm³/mol.